The lowest BCUT2D eigenvalue weighted by Crippen LogP contribution is -2.27. The van der Waals surface area contributed by atoms with Crippen molar-refractivity contribution in [2.45, 2.75) is 24.8 Å². The summed E-state index contributed by atoms with van der Waals surface area (Å²) in [6.45, 7) is 2.01. The molecule has 1 rings (SSSR count). The third kappa shape index (κ3) is 8.88. The van der Waals surface area contributed by atoms with Crippen LogP contribution >= 0.6 is 24.2 Å². The molecule has 1 aliphatic rings. The molecule has 0 aromatic rings. The minimum Gasteiger partial charge on any atom is -0.355 e. The van der Waals surface area contributed by atoms with E-state index in [2.05, 4.69) is 10.6 Å². The minimum absolute atomic E-state index is 0. The van der Waals surface area contributed by atoms with E-state index in [-0.39, 0.29) is 42.4 Å². The van der Waals surface area contributed by atoms with E-state index >= 15 is 0 Å². The van der Waals surface area contributed by atoms with Gasteiger partial charge in [-0.15, -0.1) is 12.4 Å². The van der Waals surface area contributed by atoms with Gasteiger partial charge in [0.25, 0.3) is 0 Å². The van der Waals surface area contributed by atoms with Gasteiger partial charge in [-0.05, 0) is 43.6 Å². The number of alkyl halides is 3. The molecule has 1 saturated heterocycles. The van der Waals surface area contributed by atoms with E-state index in [9.17, 15) is 18.0 Å². The van der Waals surface area contributed by atoms with E-state index in [1.807, 2.05) is 0 Å². The Kier molecular flexibility index (Phi) is 8.81. The zero-order valence-electron chi connectivity index (χ0n) is 9.89. The molecule has 3 nitrogen and oxygen atoms in total. The van der Waals surface area contributed by atoms with Crippen molar-refractivity contribution in [1.82, 2.24) is 10.6 Å². The molecule has 0 bridgehead atoms. The van der Waals surface area contributed by atoms with E-state index < -0.39 is 5.51 Å². The maximum absolute atomic E-state index is 11.8. The fourth-order valence-electron chi connectivity index (χ4n) is 1.74. The van der Waals surface area contributed by atoms with E-state index in [1.54, 1.807) is 0 Å². The van der Waals surface area contributed by atoms with Crippen LogP contribution in [0, 0.1) is 5.92 Å². The molecule has 8 heteroatoms. The van der Waals surface area contributed by atoms with E-state index in [1.165, 1.54) is 0 Å². The average Bonchev–Trinajstić information content (AvgIpc) is 2.73. The highest BCUT2D eigenvalue weighted by Crippen LogP contribution is 2.29. The quantitative estimate of drug-likeness (QED) is 0.739. The summed E-state index contributed by atoms with van der Waals surface area (Å²) >= 11 is -0.106. The summed E-state index contributed by atoms with van der Waals surface area (Å²) in [5, 5.41) is 5.70. The summed E-state index contributed by atoms with van der Waals surface area (Å²) in [6.07, 6.45) is 2.30. The van der Waals surface area contributed by atoms with Crippen LogP contribution in [0.15, 0.2) is 0 Å². The summed E-state index contributed by atoms with van der Waals surface area (Å²) in [5.74, 6) is 0.255. The second-order valence-electron chi connectivity index (χ2n) is 4.04. The molecule has 1 amide bonds. The van der Waals surface area contributed by atoms with Gasteiger partial charge in [0.05, 0.1) is 0 Å². The van der Waals surface area contributed by atoms with Crippen molar-refractivity contribution in [1.29, 1.82) is 0 Å². The summed E-state index contributed by atoms with van der Waals surface area (Å²) in [4.78, 5) is 11.3. The van der Waals surface area contributed by atoms with Crippen molar-refractivity contribution in [3.63, 3.8) is 0 Å². The average molecular weight is 307 g/mol. The first-order valence-corrected chi connectivity index (χ1v) is 6.64. The van der Waals surface area contributed by atoms with Gasteiger partial charge >= 0.3 is 5.51 Å². The predicted octanol–water partition coefficient (Wildman–Crippen LogP) is 2.17. The molecule has 18 heavy (non-hydrogen) atoms. The Morgan fingerprint density at radius 2 is 2.17 bits per heavy atom. The number of rotatable bonds is 6. The van der Waals surface area contributed by atoms with Crippen LogP contribution in [0.1, 0.15) is 19.3 Å². The van der Waals surface area contributed by atoms with Crippen LogP contribution in [0.5, 0.6) is 0 Å². The zero-order chi connectivity index (χ0) is 12.7. The molecule has 0 aliphatic carbocycles. The number of halogens is 4. The number of thioether (sulfide) groups is 1. The van der Waals surface area contributed by atoms with Crippen molar-refractivity contribution >= 4 is 30.1 Å². The number of carbonyl (C=O) groups excluding carboxylic acids is 1. The van der Waals surface area contributed by atoms with E-state index in [4.69, 9.17) is 0 Å². The number of hydrogen-bond acceptors (Lipinski definition) is 3. The van der Waals surface area contributed by atoms with Gasteiger partial charge in [0, 0.05) is 18.7 Å². The molecule has 2 N–H and O–H groups in total. The van der Waals surface area contributed by atoms with Crippen LogP contribution in [-0.2, 0) is 4.79 Å². The van der Waals surface area contributed by atoms with Crippen molar-refractivity contribution in [2.75, 3.05) is 25.4 Å². The number of hydrogen-bond donors (Lipinski definition) is 2. The lowest BCUT2D eigenvalue weighted by atomic mass is 10.0. The second-order valence-corrected chi connectivity index (χ2v) is 5.20. The fraction of sp³-hybridized carbons (Fsp3) is 0.900. The third-order valence-electron chi connectivity index (χ3n) is 2.63. The van der Waals surface area contributed by atoms with Crippen LogP contribution in [-0.4, -0.2) is 36.8 Å². The molecule has 0 saturated carbocycles. The Bertz CT molecular complexity index is 248. The lowest BCUT2D eigenvalue weighted by Gasteiger charge is -2.09. The molecule has 0 aromatic carbocycles. The van der Waals surface area contributed by atoms with Gasteiger partial charge in [0.15, 0.2) is 0 Å². The second kappa shape index (κ2) is 8.87. The van der Waals surface area contributed by atoms with Gasteiger partial charge in [-0.2, -0.15) is 13.2 Å². The Balaban J connectivity index is 0.00000289. The van der Waals surface area contributed by atoms with Crippen LogP contribution in [0.3, 0.4) is 0 Å². The minimum atomic E-state index is -4.21. The normalized spacial score (nSPS) is 19.4. The lowest BCUT2D eigenvalue weighted by molar-refractivity contribution is -0.121. The predicted molar refractivity (Wildman–Crippen MR) is 69.0 cm³/mol. The number of carbonyl (C=O) groups is 1. The maximum atomic E-state index is 11.8. The summed E-state index contributed by atoms with van der Waals surface area (Å²) < 4.78 is 35.3. The van der Waals surface area contributed by atoms with Gasteiger partial charge in [-0.3, -0.25) is 4.79 Å². The van der Waals surface area contributed by atoms with Gasteiger partial charge in [-0.25, -0.2) is 0 Å². The summed E-state index contributed by atoms with van der Waals surface area (Å²) in [7, 11) is 0. The molecule has 0 radical (unpaired) electrons. The van der Waals surface area contributed by atoms with Crippen molar-refractivity contribution < 1.29 is 18.0 Å². The van der Waals surface area contributed by atoms with Crippen LogP contribution in [0.25, 0.3) is 0 Å². The van der Waals surface area contributed by atoms with Crippen molar-refractivity contribution in [2.24, 2.45) is 5.92 Å². The van der Waals surface area contributed by atoms with E-state index in [0.717, 1.165) is 25.9 Å². The SMILES string of the molecule is Cl.O=C(CCC1CCNC1)NCCSC(F)(F)F. The van der Waals surface area contributed by atoms with E-state index in [0.29, 0.717) is 12.3 Å². The number of amides is 1. The first kappa shape index (κ1) is 17.9. The number of nitrogens with one attached hydrogen (secondary N) is 2. The molecule has 108 valence electrons. The molecule has 1 heterocycles. The molecule has 1 fully saturated rings. The van der Waals surface area contributed by atoms with Crippen LogP contribution in [0.2, 0.25) is 0 Å². The Morgan fingerprint density at radius 1 is 1.44 bits per heavy atom. The topological polar surface area (TPSA) is 41.1 Å². The molecular formula is C10H18ClF3N2OS. The van der Waals surface area contributed by atoms with Crippen LogP contribution < -0.4 is 10.6 Å². The Hall–Kier alpha value is -0.140. The zero-order valence-corrected chi connectivity index (χ0v) is 11.5. The van der Waals surface area contributed by atoms with Crippen molar-refractivity contribution in [3.8, 4) is 0 Å². The molecule has 1 atom stereocenters. The van der Waals surface area contributed by atoms with Gasteiger partial charge in [0.2, 0.25) is 5.91 Å². The maximum Gasteiger partial charge on any atom is 0.441 e. The monoisotopic (exact) mass is 306 g/mol. The first-order valence-electron chi connectivity index (χ1n) is 5.65. The third-order valence-corrected chi connectivity index (χ3v) is 3.37. The smallest absolute Gasteiger partial charge is 0.355 e. The van der Waals surface area contributed by atoms with Gasteiger partial charge in [0.1, 0.15) is 0 Å². The standard InChI is InChI=1S/C10H17F3N2OS.ClH/c11-10(12,13)17-6-5-15-9(16)2-1-8-3-4-14-7-8;/h8,14H,1-7H2,(H,15,16);1H. The highest BCUT2D eigenvalue weighted by atomic mass is 35.5. The van der Waals surface area contributed by atoms with Gasteiger partial charge < -0.3 is 10.6 Å². The summed E-state index contributed by atoms with van der Waals surface area (Å²) in [6, 6.07) is 0. The van der Waals surface area contributed by atoms with Crippen LogP contribution in [0.4, 0.5) is 13.2 Å². The largest absolute Gasteiger partial charge is 0.441 e. The Labute approximate surface area is 115 Å². The molecular weight excluding hydrogens is 289 g/mol. The molecule has 0 spiro atoms. The summed E-state index contributed by atoms with van der Waals surface area (Å²) in [5.41, 5.74) is -4.21. The van der Waals surface area contributed by atoms with Gasteiger partial charge in [-0.1, -0.05) is 0 Å². The Morgan fingerprint density at radius 3 is 2.72 bits per heavy atom. The fourth-order valence-corrected chi connectivity index (χ4v) is 2.18. The highest BCUT2D eigenvalue weighted by Gasteiger charge is 2.27. The molecule has 1 unspecified atom stereocenters. The first-order chi connectivity index (χ1) is 7.97. The molecule has 1 aliphatic heterocycles. The van der Waals surface area contributed by atoms with Crippen molar-refractivity contribution in [3.05, 3.63) is 0 Å². The highest BCUT2D eigenvalue weighted by molar-refractivity contribution is 8.00. The molecule has 0 aromatic heterocycles.